The van der Waals surface area contributed by atoms with Crippen LogP contribution in [0.3, 0.4) is 0 Å². The second-order valence-corrected chi connectivity index (χ2v) is 11.0. The summed E-state index contributed by atoms with van der Waals surface area (Å²) in [6, 6.07) is 13.9. The third-order valence-electron chi connectivity index (χ3n) is 7.47. The van der Waals surface area contributed by atoms with Crippen molar-refractivity contribution in [2.24, 2.45) is 0 Å². The van der Waals surface area contributed by atoms with Crippen LogP contribution in [0.15, 0.2) is 46.9 Å². The first kappa shape index (κ1) is 25.0. The van der Waals surface area contributed by atoms with Gasteiger partial charge in [-0.3, -0.25) is 14.5 Å². The number of fused-ring (bicyclic) bond motifs is 3. The van der Waals surface area contributed by atoms with Crippen LogP contribution >= 0.6 is 15.9 Å². The average Bonchev–Trinajstić information content (AvgIpc) is 3.25. The van der Waals surface area contributed by atoms with E-state index in [-0.39, 0.29) is 11.9 Å². The summed E-state index contributed by atoms with van der Waals surface area (Å²) in [5.74, 6) is 0.0848. The van der Waals surface area contributed by atoms with E-state index in [1.54, 1.807) is 0 Å². The molecule has 0 aliphatic carbocycles. The smallest absolute Gasteiger partial charge is 0.253 e. The minimum atomic E-state index is -0.188. The van der Waals surface area contributed by atoms with Crippen LogP contribution in [0.5, 0.6) is 0 Å². The summed E-state index contributed by atoms with van der Waals surface area (Å²) in [4.78, 5) is 37.2. The molecule has 1 atom stereocenters. The lowest BCUT2D eigenvalue weighted by Gasteiger charge is -2.35. The number of hydrogen-bond donors (Lipinski definition) is 1. The fourth-order valence-electron chi connectivity index (χ4n) is 5.53. The molecule has 1 unspecified atom stereocenters. The Kier molecular flexibility index (Phi) is 7.46. The van der Waals surface area contributed by atoms with Gasteiger partial charge in [0.15, 0.2) is 0 Å². The fourth-order valence-corrected chi connectivity index (χ4v) is 5.89. The molecule has 7 nitrogen and oxygen atoms in total. The number of benzene rings is 2. The van der Waals surface area contributed by atoms with Crippen molar-refractivity contribution >= 4 is 39.2 Å². The van der Waals surface area contributed by atoms with E-state index in [1.165, 1.54) is 10.9 Å². The van der Waals surface area contributed by atoms with Gasteiger partial charge in [-0.2, -0.15) is 0 Å². The van der Waals surface area contributed by atoms with Gasteiger partial charge in [-0.05, 0) is 81.5 Å². The number of H-pyrrole nitrogens is 1. The fraction of sp³-hybridized carbons (Fsp3) is 0.429. The Labute approximate surface area is 221 Å². The summed E-state index contributed by atoms with van der Waals surface area (Å²) >= 11 is 3.58. The molecule has 2 amide bonds. The van der Waals surface area contributed by atoms with Crippen molar-refractivity contribution in [3.05, 3.63) is 69.3 Å². The molecule has 0 bridgehead atoms. The van der Waals surface area contributed by atoms with Crippen LogP contribution in [-0.2, 0) is 11.2 Å². The molecule has 0 spiro atoms. The van der Waals surface area contributed by atoms with Crippen LogP contribution in [0.2, 0.25) is 0 Å². The van der Waals surface area contributed by atoms with Gasteiger partial charge in [-0.1, -0.05) is 28.1 Å². The highest BCUT2D eigenvalue weighted by atomic mass is 79.9. The predicted molar refractivity (Wildman–Crippen MR) is 146 cm³/mol. The maximum Gasteiger partial charge on any atom is 0.253 e. The van der Waals surface area contributed by atoms with Gasteiger partial charge in [0.25, 0.3) is 5.91 Å². The molecule has 3 aromatic rings. The first-order valence-corrected chi connectivity index (χ1v) is 13.5. The van der Waals surface area contributed by atoms with Gasteiger partial charge in [0.05, 0.1) is 6.04 Å². The number of piperazine rings is 1. The number of hydrogen-bond acceptors (Lipinski definition) is 4. The van der Waals surface area contributed by atoms with E-state index in [0.717, 1.165) is 79.8 Å². The highest BCUT2D eigenvalue weighted by Crippen LogP contribution is 2.38. The van der Waals surface area contributed by atoms with Crippen LogP contribution in [0.25, 0.3) is 10.9 Å². The third-order valence-corrected chi connectivity index (χ3v) is 7.97. The molecule has 1 fully saturated rings. The number of amides is 2. The molecular formula is C28H34BrN5O2. The van der Waals surface area contributed by atoms with Crippen molar-refractivity contribution < 1.29 is 9.59 Å². The quantitative estimate of drug-likeness (QED) is 0.454. The van der Waals surface area contributed by atoms with E-state index in [1.807, 2.05) is 40.1 Å². The highest BCUT2D eigenvalue weighted by molar-refractivity contribution is 9.10. The zero-order valence-electron chi connectivity index (χ0n) is 21.0. The topological polar surface area (TPSA) is 62.9 Å². The van der Waals surface area contributed by atoms with Gasteiger partial charge in [0.1, 0.15) is 0 Å². The van der Waals surface area contributed by atoms with Crippen molar-refractivity contribution in [3.63, 3.8) is 0 Å². The van der Waals surface area contributed by atoms with E-state index in [0.29, 0.717) is 12.1 Å². The molecule has 0 saturated carbocycles. The molecule has 1 saturated heterocycles. The monoisotopic (exact) mass is 551 g/mol. The number of halogens is 1. The zero-order valence-corrected chi connectivity index (χ0v) is 22.6. The van der Waals surface area contributed by atoms with Crippen LogP contribution in [0.4, 0.5) is 0 Å². The molecule has 1 aromatic heterocycles. The molecule has 2 aliphatic heterocycles. The van der Waals surface area contributed by atoms with Crippen molar-refractivity contribution in [1.82, 2.24) is 24.6 Å². The van der Waals surface area contributed by atoms with Crippen molar-refractivity contribution in [2.75, 3.05) is 59.9 Å². The van der Waals surface area contributed by atoms with Crippen molar-refractivity contribution in [1.29, 1.82) is 0 Å². The lowest BCUT2D eigenvalue weighted by Crippen LogP contribution is -2.49. The SMILES string of the molecule is CN(C)CCCN1CCN(C(=O)c2ccc(C3c4[nH]c5ccc(Br)cc5c4CCN3C=O)cc2)CC1. The molecule has 190 valence electrons. The molecule has 1 N–H and O–H groups in total. The maximum absolute atomic E-state index is 13.2. The van der Waals surface area contributed by atoms with Crippen LogP contribution in [-0.4, -0.2) is 96.8 Å². The Bertz CT molecular complexity index is 1230. The predicted octanol–water partition coefficient (Wildman–Crippen LogP) is 3.74. The van der Waals surface area contributed by atoms with Crippen molar-refractivity contribution in [3.8, 4) is 0 Å². The summed E-state index contributed by atoms with van der Waals surface area (Å²) < 4.78 is 1.04. The molecular weight excluding hydrogens is 518 g/mol. The van der Waals surface area contributed by atoms with Crippen molar-refractivity contribution in [2.45, 2.75) is 18.9 Å². The van der Waals surface area contributed by atoms with Gasteiger partial charge in [0.2, 0.25) is 6.41 Å². The minimum Gasteiger partial charge on any atom is -0.356 e. The standard InChI is InChI=1S/C28H34BrN5O2/c1-31(2)11-3-12-32-14-16-33(17-15-32)28(36)21-6-4-20(5-7-21)27-26-23(10-13-34(27)19-35)24-18-22(29)8-9-25(24)30-26/h4-9,18-19,27,30H,3,10-17H2,1-2H3. The Hall–Kier alpha value is -2.68. The lowest BCUT2D eigenvalue weighted by atomic mass is 9.92. The number of carbonyl (C=O) groups excluding carboxylic acids is 2. The van der Waals surface area contributed by atoms with Gasteiger partial charge in [0, 0.05) is 59.4 Å². The number of aromatic amines is 1. The van der Waals surface area contributed by atoms with Crippen LogP contribution in [0.1, 0.15) is 39.6 Å². The molecule has 36 heavy (non-hydrogen) atoms. The maximum atomic E-state index is 13.2. The van der Waals surface area contributed by atoms with E-state index in [2.05, 4.69) is 56.9 Å². The van der Waals surface area contributed by atoms with E-state index in [9.17, 15) is 9.59 Å². The number of nitrogens with one attached hydrogen (secondary N) is 1. The largest absolute Gasteiger partial charge is 0.356 e. The third kappa shape index (κ3) is 5.08. The zero-order chi connectivity index (χ0) is 25.2. The summed E-state index contributed by atoms with van der Waals surface area (Å²) in [6.45, 7) is 6.21. The Morgan fingerprint density at radius 3 is 2.53 bits per heavy atom. The molecule has 3 heterocycles. The summed E-state index contributed by atoms with van der Waals surface area (Å²) in [7, 11) is 4.20. The van der Waals surface area contributed by atoms with E-state index in [4.69, 9.17) is 0 Å². The summed E-state index contributed by atoms with van der Waals surface area (Å²) in [5, 5.41) is 1.20. The second-order valence-electron chi connectivity index (χ2n) is 10.1. The molecule has 0 radical (unpaired) electrons. The van der Waals surface area contributed by atoms with E-state index < -0.39 is 0 Å². The normalized spacial score (nSPS) is 18.6. The lowest BCUT2D eigenvalue weighted by molar-refractivity contribution is -0.120. The van der Waals surface area contributed by atoms with Crippen LogP contribution < -0.4 is 0 Å². The molecule has 2 aliphatic rings. The number of nitrogens with zero attached hydrogens (tertiary/aromatic N) is 4. The Morgan fingerprint density at radius 1 is 1.08 bits per heavy atom. The summed E-state index contributed by atoms with van der Waals surface area (Å²) in [5.41, 5.74) is 5.11. The first-order valence-electron chi connectivity index (χ1n) is 12.7. The van der Waals surface area contributed by atoms with Gasteiger partial charge < -0.3 is 19.7 Å². The average molecular weight is 553 g/mol. The molecule has 5 rings (SSSR count). The minimum absolute atomic E-state index is 0.0848. The molecule has 8 heteroatoms. The summed E-state index contributed by atoms with van der Waals surface area (Å²) in [6.07, 6.45) is 2.90. The Morgan fingerprint density at radius 2 is 1.83 bits per heavy atom. The van der Waals surface area contributed by atoms with Gasteiger partial charge in [-0.25, -0.2) is 0 Å². The first-order chi connectivity index (χ1) is 17.4. The Balaban J connectivity index is 1.30. The molecule has 2 aromatic carbocycles. The number of aromatic nitrogens is 1. The van der Waals surface area contributed by atoms with Gasteiger partial charge in [-0.15, -0.1) is 0 Å². The number of rotatable bonds is 7. The van der Waals surface area contributed by atoms with Crippen LogP contribution in [0, 0.1) is 0 Å². The highest BCUT2D eigenvalue weighted by Gasteiger charge is 2.31. The second kappa shape index (κ2) is 10.7. The van der Waals surface area contributed by atoms with E-state index >= 15 is 0 Å². The number of carbonyl (C=O) groups is 2. The van der Waals surface area contributed by atoms with Gasteiger partial charge >= 0.3 is 0 Å².